The molecule has 4 N–H and O–H groups in total. The van der Waals surface area contributed by atoms with Crippen LogP contribution in [0.25, 0.3) is 0 Å². The average Bonchev–Trinajstić information content (AvgIpc) is 2.75. The van der Waals surface area contributed by atoms with Crippen LogP contribution >= 0.6 is 0 Å². The predicted molar refractivity (Wildman–Crippen MR) is 72.0 cm³/mol. The molecule has 0 radical (unpaired) electrons. The van der Waals surface area contributed by atoms with Gasteiger partial charge in [0.2, 0.25) is 5.91 Å². The highest BCUT2D eigenvalue weighted by Crippen LogP contribution is 2.34. The number of carbonyl (C=O) groups is 1. The highest BCUT2D eigenvalue weighted by atomic mass is 16.5. The van der Waals surface area contributed by atoms with Crippen LogP contribution in [0.3, 0.4) is 0 Å². The number of benzene rings is 1. The Labute approximate surface area is 112 Å². The average molecular weight is 264 g/mol. The van der Waals surface area contributed by atoms with E-state index in [1.807, 2.05) is 31.2 Å². The third kappa shape index (κ3) is 2.98. The molecule has 0 saturated heterocycles. The minimum atomic E-state index is -0.939. The van der Waals surface area contributed by atoms with Crippen LogP contribution in [0.15, 0.2) is 24.3 Å². The summed E-state index contributed by atoms with van der Waals surface area (Å²) < 4.78 is 11.4. The van der Waals surface area contributed by atoms with Crippen molar-refractivity contribution < 1.29 is 14.3 Å². The zero-order valence-corrected chi connectivity index (χ0v) is 11.1. The third-order valence-electron chi connectivity index (χ3n) is 3.44. The minimum absolute atomic E-state index is 0.0980. The Hall–Kier alpha value is -1.75. The first-order valence-corrected chi connectivity index (χ1v) is 6.52. The van der Waals surface area contributed by atoms with Crippen molar-refractivity contribution in [3.63, 3.8) is 0 Å². The molecule has 1 aromatic rings. The summed E-state index contributed by atoms with van der Waals surface area (Å²) >= 11 is 0. The van der Waals surface area contributed by atoms with E-state index in [2.05, 4.69) is 0 Å². The molecule has 1 amide bonds. The zero-order valence-electron chi connectivity index (χ0n) is 11.1. The highest BCUT2D eigenvalue weighted by molar-refractivity contribution is 5.84. The lowest BCUT2D eigenvalue weighted by Crippen LogP contribution is -2.50. The van der Waals surface area contributed by atoms with Crippen molar-refractivity contribution in [1.82, 2.24) is 0 Å². The number of rotatable bonds is 5. The summed E-state index contributed by atoms with van der Waals surface area (Å²) in [5.74, 6) is 0.929. The maximum absolute atomic E-state index is 11.3. The van der Waals surface area contributed by atoms with Gasteiger partial charge in [-0.15, -0.1) is 0 Å². The number of amides is 1. The minimum Gasteiger partial charge on any atom is -0.490 e. The number of hydrogen-bond donors (Lipinski definition) is 2. The molecule has 1 aliphatic carbocycles. The molecule has 1 saturated carbocycles. The topological polar surface area (TPSA) is 87.6 Å². The van der Waals surface area contributed by atoms with Crippen LogP contribution in [-0.2, 0) is 4.79 Å². The Morgan fingerprint density at radius 2 is 2.11 bits per heavy atom. The van der Waals surface area contributed by atoms with Gasteiger partial charge in [0.1, 0.15) is 6.10 Å². The fourth-order valence-electron chi connectivity index (χ4n) is 2.36. The summed E-state index contributed by atoms with van der Waals surface area (Å²) in [5.41, 5.74) is 10.3. The van der Waals surface area contributed by atoms with Crippen molar-refractivity contribution in [2.45, 2.75) is 37.8 Å². The molecular formula is C14H20N2O3. The zero-order chi connectivity index (χ0) is 13.9. The van der Waals surface area contributed by atoms with Gasteiger partial charge < -0.3 is 20.9 Å². The Kier molecular flexibility index (Phi) is 3.95. The van der Waals surface area contributed by atoms with Gasteiger partial charge in [-0.1, -0.05) is 12.1 Å². The van der Waals surface area contributed by atoms with Gasteiger partial charge in [-0.2, -0.15) is 0 Å². The fraction of sp³-hybridized carbons (Fsp3) is 0.500. The van der Waals surface area contributed by atoms with Crippen LogP contribution in [-0.4, -0.2) is 24.2 Å². The molecule has 1 fully saturated rings. The van der Waals surface area contributed by atoms with Gasteiger partial charge >= 0.3 is 0 Å². The molecule has 0 spiro atoms. The summed E-state index contributed by atoms with van der Waals surface area (Å²) in [7, 11) is 0. The van der Waals surface area contributed by atoms with E-state index in [4.69, 9.17) is 20.9 Å². The first-order valence-electron chi connectivity index (χ1n) is 6.52. The van der Waals surface area contributed by atoms with E-state index in [1.54, 1.807) is 0 Å². The number of primary amides is 1. The summed E-state index contributed by atoms with van der Waals surface area (Å²) in [5, 5.41) is 0. The molecular weight excluding hydrogens is 244 g/mol. The van der Waals surface area contributed by atoms with Crippen LogP contribution < -0.4 is 20.9 Å². The number of nitrogens with two attached hydrogens (primary N) is 2. The predicted octanol–water partition coefficient (Wildman–Crippen LogP) is 1.20. The van der Waals surface area contributed by atoms with Gasteiger partial charge in [-0.25, -0.2) is 0 Å². The summed E-state index contributed by atoms with van der Waals surface area (Å²) in [6, 6.07) is 7.49. The van der Waals surface area contributed by atoms with E-state index in [-0.39, 0.29) is 6.10 Å². The molecule has 0 bridgehead atoms. The largest absolute Gasteiger partial charge is 0.490 e. The summed E-state index contributed by atoms with van der Waals surface area (Å²) in [4.78, 5) is 11.3. The van der Waals surface area contributed by atoms with E-state index in [0.29, 0.717) is 30.9 Å². The standard InChI is InChI=1S/C14H20N2O3/c1-2-18-11-5-3-4-6-12(11)19-10-7-8-14(16,9-10)13(15)17/h3-6,10H,2,7-9,16H2,1H3,(H2,15,17). The van der Waals surface area contributed by atoms with E-state index in [1.165, 1.54) is 0 Å². The molecule has 5 nitrogen and oxygen atoms in total. The van der Waals surface area contributed by atoms with E-state index >= 15 is 0 Å². The number of carbonyl (C=O) groups excluding carboxylic acids is 1. The van der Waals surface area contributed by atoms with Crippen LogP contribution in [0, 0.1) is 0 Å². The van der Waals surface area contributed by atoms with Gasteiger partial charge in [0.05, 0.1) is 12.1 Å². The number of para-hydroxylation sites is 2. The molecule has 19 heavy (non-hydrogen) atoms. The van der Waals surface area contributed by atoms with Crippen molar-refractivity contribution in [3.05, 3.63) is 24.3 Å². The Morgan fingerprint density at radius 3 is 2.68 bits per heavy atom. The van der Waals surface area contributed by atoms with Crippen LogP contribution in [0.5, 0.6) is 11.5 Å². The Balaban J connectivity index is 2.05. The second-order valence-corrected chi connectivity index (χ2v) is 4.88. The maximum atomic E-state index is 11.3. The van der Waals surface area contributed by atoms with E-state index in [9.17, 15) is 4.79 Å². The molecule has 104 valence electrons. The van der Waals surface area contributed by atoms with Crippen molar-refractivity contribution in [1.29, 1.82) is 0 Å². The Bertz CT molecular complexity index is 464. The van der Waals surface area contributed by atoms with Crippen molar-refractivity contribution in [3.8, 4) is 11.5 Å². The second kappa shape index (κ2) is 5.48. The first-order chi connectivity index (χ1) is 9.05. The molecule has 0 heterocycles. The van der Waals surface area contributed by atoms with E-state index in [0.717, 1.165) is 6.42 Å². The van der Waals surface area contributed by atoms with Gasteiger partial charge in [0, 0.05) is 6.42 Å². The fourth-order valence-corrected chi connectivity index (χ4v) is 2.36. The normalized spacial score (nSPS) is 26.1. The molecule has 1 aliphatic rings. The van der Waals surface area contributed by atoms with Crippen LogP contribution in [0.4, 0.5) is 0 Å². The second-order valence-electron chi connectivity index (χ2n) is 4.88. The third-order valence-corrected chi connectivity index (χ3v) is 3.44. The molecule has 0 aromatic heterocycles. The molecule has 1 aromatic carbocycles. The summed E-state index contributed by atoms with van der Waals surface area (Å²) in [6.45, 7) is 2.50. The highest BCUT2D eigenvalue weighted by Gasteiger charge is 2.41. The molecule has 2 rings (SSSR count). The van der Waals surface area contributed by atoms with Crippen molar-refractivity contribution >= 4 is 5.91 Å². The van der Waals surface area contributed by atoms with Gasteiger partial charge in [0.15, 0.2) is 11.5 Å². The molecule has 5 heteroatoms. The number of ether oxygens (including phenoxy) is 2. The smallest absolute Gasteiger partial charge is 0.237 e. The summed E-state index contributed by atoms with van der Waals surface area (Å²) in [6.07, 6.45) is 1.63. The SMILES string of the molecule is CCOc1ccccc1OC1CCC(N)(C(N)=O)C1. The van der Waals surface area contributed by atoms with Crippen LogP contribution in [0.2, 0.25) is 0 Å². The monoisotopic (exact) mass is 264 g/mol. The van der Waals surface area contributed by atoms with E-state index < -0.39 is 11.4 Å². The molecule has 0 aliphatic heterocycles. The lowest BCUT2D eigenvalue weighted by Gasteiger charge is -2.20. The Morgan fingerprint density at radius 1 is 1.42 bits per heavy atom. The number of hydrogen-bond acceptors (Lipinski definition) is 4. The van der Waals surface area contributed by atoms with Gasteiger partial charge in [-0.05, 0) is 31.9 Å². The lowest BCUT2D eigenvalue weighted by molar-refractivity contribution is -0.123. The van der Waals surface area contributed by atoms with Crippen molar-refractivity contribution in [2.24, 2.45) is 11.5 Å². The quantitative estimate of drug-likeness (QED) is 0.836. The lowest BCUT2D eigenvalue weighted by atomic mass is 9.99. The molecule has 2 unspecified atom stereocenters. The van der Waals surface area contributed by atoms with Gasteiger partial charge in [-0.3, -0.25) is 4.79 Å². The van der Waals surface area contributed by atoms with Crippen LogP contribution in [0.1, 0.15) is 26.2 Å². The van der Waals surface area contributed by atoms with Gasteiger partial charge in [0.25, 0.3) is 0 Å². The molecule has 2 atom stereocenters. The first kappa shape index (κ1) is 13.7. The maximum Gasteiger partial charge on any atom is 0.237 e. The van der Waals surface area contributed by atoms with Crippen molar-refractivity contribution in [2.75, 3.05) is 6.61 Å².